The maximum Gasteiger partial charge on any atom is 0.269 e. The highest BCUT2D eigenvalue weighted by molar-refractivity contribution is 6.02. The van der Waals surface area contributed by atoms with E-state index >= 15 is 0 Å². The van der Waals surface area contributed by atoms with Gasteiger partial charge in [0.05, 0.1) is 4.92 Å². The van der Waals surface area contributed by atoms with Crippen molar-refractivity contribution in [2.24, 2.45) is 0 Å². The van der Waals surface area contributed by atoms with Gasteiger partial charge in [-0.25, -0.2) is 0 Å². The van der Waals surface area contributed by atoms with Crippen LogP contribution in [0.1, 0.15) is 23.5 Å². The van der Waals surface area contributed by atoms with Crippen molar-refractivity contribution >= 4 is 28.1 Å². The van der Waals surface area contributed by atoms with Gasteiger partial charge in [-0.1, -0.05) is 42.5 Å². The van der Waals surface area contributed by atoms with Crippen LogP contribution in [0.2, 0.25) is 0 Å². The Balaban J connectivity index is 1.93. The van der Waals surface area contributed by atoms with E-state index in [9.17, 15) is 14.9 Å². The normalized spacial score (nSPS) is 16.8. The summed E-state index contributed by atoms with van der Waals surface area (Å²) in [5, 5.41) is 13.1. The van der Waals surface area contributed by atoms with Gasteiger partial charge < -0.3 is 4.90 Å². The molecule has 1 aliphatic rings. The highest BCUT2D eigenvalue weighted by Gasteiger charge is 2.31. The number of benzene rings is 3. The lowest BCUT2D eigenvalue weighted by molar-refractivity contribution is -0.384. The number of anilines is 1. The quantitative estimate of drug-likeness (QED) is 0.521. The van der Waals surface area contributed by atoms with E-state index in [2.05, 4.69) is 12.1 Å². The van der Waals surface area contributed by atoms with E-state index in [1.807, 2.05) is 24.3 Å². The molecule has 1 heterocycles. The van der Waals surface area contributed by atoms with E-state index in [1.54, 1.807) is 24.1 Å². The molecule has 5 heteroatoms. The van der Waals surface area contributed by atoms with Crippen LogP contribution in [0.3, 0.4) is 0 Å². The van der Waals surface area contributed by atoms with Crippen LogP contribution in [-0.4, -0.2) is 17.9 Å². The average Bonchev–Trinajstić information content (AvgIpc) is 2.64. The van der Waals surface area contributed by atoms with Gasteiger partial charge in [0.15, 0.2) is 0 Å². The minimum atomic E-state index is -0.410. The molecule has 0 saturated heterocycles. The first-order chi connectivity index (χ1) is 12.1. The molecule has 1 aliphatic heterocycles. The predicted octanol–water partition coefficient (Wildman–Crippen LogP) is 4.25. The lowest BCUT2D eigenvalue weighted by atomic mass is 9.81. The minimum Gasteiger partial charge on any atom is -0.315 e. The molecule has 3 aromatic rings. The Morgan fingerprint density at radius 1 is 1.04 bits per heavy atom. The molecule has 0 aliphatic carbocycles. The third kappa shape index (κ3) is 2.45. The molecule has 1 atom stereocenters. The number of carbonyl (C=O) groups excluding carboxylic acids is 1. The van der Waals surface area contributed by atoms with E-state index in [4.69, 9.17) is 0 Å². The van der Waals surface area contributed by atoms with Crippen LogP contribution in [-0.2, 0) is 4.79 Å². The standard InChI is InChI=1S/C20H16N2O3/c1-21-18-11-8-13-4-2-3-5-16(13)20(18)17(12-19(21)23)14-6-9-15(10-7-14)22(24)25/h2-11,17H,12H2,1H3. The molecular formula is C20H16N2O3. The number of nitrogens with zero attached hydrogens (tertiary/aromatic N) is 2. The Labute approximate surface area is 144 Å². The van der Waals surface area contributed by atoms with Gasteiger partial charge in [-0.15, -0.1) is 0 Å². The van der Waals surface area contributed by atoms with E-state index in [0.29, 0.717) is 6.42 Å². The Bertz CT molecular complexity index is 995. The summed E-state index contributed by atoms with van der Waals surface area (Å²) in [6.07, 6.45) is 0.356. The number of hydrogen-bond donors (Lipinski definition) is 0. The van der Waals surface area contributed by atoms with Crippen molar-refractivity contribution < 1.29 is 9.72 Å². The number of nitro groups is 1. The zero-order valence-corrected chi connectivity index (χ0v) is 13.7. The second kappa shape index (κ2) is 5.70. The molecule has 5 nitrogen and oxygen atoms in total. The molecule has 0 bridgehead atoms. The summed E-state index contributed by atoms with van der Waals surface area (Å²) in [5.74, 6) is -0.0586. The number of non-ortho nitro benzene ring substituents is 1. The fraction of sp³-hybridized carbons (Fsp3) is 0.150. The highest BCUT2D eigenvalue weighted by atomic mass is 16.6. The number of fused-ring (bicyclic) bond motifs is 3. The van der Waals surface area contributed by atoms with E-state index in [1.165, 1.54) is 12.1 Å². The second-order valence-corrected chi connectivity index (χ2v) is 6.28. The smallest absolute Gasteiger partial charge is 0.269 e. The van der Waals surface area contributed by atoms with Gasteiger partial charge in [-0.05, 0) is 28.0 Å². The van der Waals surface area contributed by atoms with Gasteiger partial charge in [0.2, 0.25) is 5.91 Å². The van der Waals surface area contributed by atoms with Crippen molar-refractivity contribution in [3.63, 3.8) is 0 Å². The molecule has 4 rings (SSSR count). The van der Waals surface area contributed by atoms with Crippen molar-refractivity contribution in [2.45, 2.75) is 12.3 Å². The Morgan fingerprint density at radius 2 is 1.76 bits per heavy atom. The van der Waals surface area contributed by atoms with Crippen LogP contribution in [0.4, 0.5) is 11.4 Å². The van der Waals surface area contributed by atoms with Crippen molar-refractivity contribution in [3.05, 3.63) is 81.9 Å². The third-order valence-corrected chi connectivity index (χ3v) is 4.92. The fourth-order valence-electron chi connectivity index (χ4n) is 3.60. The van der Waals surface area contributed by atoms with Crippen molar-refractivity contribution in [3.8, 4) is 0 Å². The molecule has 0 N–H and O–H groups in total. The monoisotopic (exact) mass is 332 g/mol. The number of carbonyl (C=O) groups is 1. The van der Waals surface area contributed by atoms with Gasteiger partial charge >= 0.3 is 0 Å². The first kappa shape index (κ1) is 15.3. The Morgan fingerprint density at radius 3 is 2.48 bits per heavy atom. The molecule has 0 fully saturated rings. The van der Waals surface area contributed by atoms with Crippen molar-refractivity contribution in [2.75, 3.05) is 11.9 Å². The zero-order chi connectivity index (χ0) is 17.6. The summed E-state index contributed by atoms with van der Waals surface area (Å²) in [7, 11) is 1.79. The molecule has 25 heavy (non-hydrogen) atoms. The number of hydrogen-bond acceptors (Lipinski definition) is 3. The molecule has 0 radical (unpaired) electrons. The fourth-order valence-corrected chi connectivity index (χ4v) is 3.60. The largest absolute Gasteiger partial charge is 0.315 e. The van der Waals surface area contributed by atoms with Gasteiger partial charge in [-0.3, -0.25) is 14.9 Å². The minimum absolute atomic E-state index is 0.0473. The molecule has 0 spiro atoms. The maximum atomic E-state index is 12.5. The molecule has 1 amide bonds. The summed E-state index contributed by atoms with van der Waals surface area (Å²) in [5.41, 5.74) is 2.98. The van der Waals surface area contributed by atoms with Gasteiger partial charge in [0, 0.05) is 37.2 Å². The SMILES string of the molecule is CN1C(=O)CC(c2ccc([N+](=O)[O-])cc2)c2c1ccc1ccccc21. The summed E-state index contributed by atoms with van der Waals surface area (Å²) >= 11 is 0. The molecule has 0 aromatic heterocycles. The summed E-state index contributed by atoms with van der Waals surface area (Å²) < 4.78 is 0. The number of nitro benzene ring substituents is 1. The van der Waals surface area contributed by atoms with Crippen LogP contribution >= 0.6 is 0 Å². The van der Waals surface area contributed by atoms with Gasteiger partial charge in [0.1, 0.15) is 0 Å². The number of rotatable bonds is 2. The summed E-state index contributed by atoms with van der Waals surface area (Å²) in [4.78, 5) is 24.7. The first-order valence-corrected chi connectivity index (χ1v) is 8.09. The lowest BCUT2D eigenvalue weighted by Crippen LogP contribution is -2.33. The second-order valence-electron chi connectivity index (χ2n) is 6.28. The first-order valence-electron chi connectivity index (χ1n) is 8.09. The Kier molecular flexibility index (Phi) is 3.50. The maximum absolute atomic E-state index is 12.5. The van der Waals surface area contributed by atoms with Crippen molar-refractivity contribution in [1.29, 1.82) is 0 Å². The van der Waals surface area contributed by atoms with Crippen LogP contribution in [0.5, 0.6) is 0 Å². The summed E-state index contributed by atoms with van der Waals surface area (Å²) in [6, 6.07) is 18.6. The lowest BCUT2D eigenvalue weighted by Gasteiger charge is -2.33. The van der Waals surface area contributed by atoms with Crippen LogP contribution < -0.4 is 4.90 Å². The molecule has 124 valence electrons. The van der Waals surface area contributed by atoms with Crippen molar-refractivity contribution in [1.82, 2.24) is 0 Å². The third-order valence-electron chi connectivity index (χ3n) is 4.92. The molecule has 0 saturated carbocycles. The zero-order valence-electron chi connectivity index (χ0n) is 13.7. The summed E-state index contributed by atoms with van der Waals surface area (Å²) in [6.45, 7) is 0. The molecular weight excluding hydrogens is 316 g/mol. The molecule has 3 aromatic carbocycles. The average molecular weight is 332 g/mol. The van der Waals surface area contributed by atoms with E-state index in [0.717, 1.165) is 27.6 Å². The van der Waals surface area contributed by atoms with Gasteiger partial charge in [-0.2, -0.15) is 0 Å². The van der Waals surface area contributed by atoms with Crippen LogP contribution in [0.25, 0.3) is 10.8 Å². The topological polar surface area (TPSA) is 63.5 Å². The Hall–Kier alpha value is -3.21. The highest BCUT2D eigenvalue weighted by Crippen LogP contribution is 2.43. The molecule has 1 unspecified atom stereocenters. The van der Waals surface area contributed by atoms with Gasteiger partial charge in [0.25, 0.3) is 5.69 Å². The van der Waals surface area contributed by atoms with E-state index < -0.39 is 4.92 Å². The van der Waals surface area contributed by atoms with Crippen LogP contribution in [0.15, 0.2) is 60.7 Å². The predicted molar refractivity (Wildman–Crippen MR) is 96.9 cm³/mol. The van der Waals surface area contributed by atoms with Crippen LogP contribution in [0, 0.1) is 10.1 Å². The van der Waals surface area contributed by atoms with E-state index in [-0.39, 0.29) is 17.5 Å². The number of amides is 1.